The summed E-state index contributed by atoms with van der Waals surface area (Å²) in [6, 6.07) is 0. The Kier molecular flexibility index (Phi) is 10.6. The maximum absolute atomic E-state index is 11.9. The zero-order valence-corrected chi connectivity index (χ0v) is 13.5. The second-order valence-corrected chi connectivity index (χ2v) is 4.95. The molecule has 0 fully saturated rings. The monoisotopic (exact) mass is 313 g/mol. The number of hydrogen-bond acceptors (Lipinski definition) is 4. The third-order valence-corrected chi connectivity index (χ3v) is 3.42. The van der Waals surface area contributed by atoms with Crippen LogP contribution in [0.5, 0.6) is 0 Å². The van der Waals surface area contributed by atoms with Gasteiger partial charge in [-0.3, -0.25) is 4.79 Å². The van der Waals surface area contributed by atoms with Crippen LogP contribution in [-0.4, -0.2) is 43.0 Å². The average molecular weight is 314 g/mol. The maximum Gasteiger partial charge on any atom is 0.273 e. The summed E-state index contributed by atoms with van der Waals surface area (Å²) in [5.74, 6) is 0.382. The molecule has 0 aromatic carbocycles. The third kappa shape index (κ3) is 5.52. The van der Waals surface area contributed by atoms with Gasteiger partial charge in [0.25, 0.3) is 5.91 Å². The zero-order chi connectivity index (χ0) is 12.1. The van der Waals surface area contributed by atoms with E-state index < -0.39 is 0 Å². The molecule has 4 nitrogen and oxygen atoms in total. The molecule has 0 radical (unpaired) electrons. The van der Waals surface area contributed by atoms with Crippen LogP contribution in [0.3, 0.4) is 0 Å². The van der Waals surface area contributed by atoms with Gasteiger partial charge in [0, 0.05) is 31.4 Å². The van der Waals surface area contributed by atoms with Crippen molar-refractivity contribution >= 4 is 42.1 Å². The Hall–Kier alpha value is -0.360. The van der Waals surface area contributed by atoms with Crippen molar-refractivity contribution in [2.75, 3.05) is 27.2 Å². The van der Waals surface area contributed by atoms with Crippen molar-refractivity contribution in [2.24, 2.45) is 0 Å². The highest BCUT2D eigenvalue weighted by Gasteiger charge is 2.15. The topological polar surface area (TPSA) is 45.2 Å². The first-order valence-corrected chi connectivity index (χ1v) is 6.29. The maximum atomic E-state index is 11.9. The Balaban J connectivity index is 0. The fourth-order valence-electron chi connectivity index (χ4n) is 1.23. The van der Waals surface area contributed by atoms with E-state index in [9.17, 15) is 4.79 Å². The van der Waals surface area contributed by atoms with Gasteiger partial charge in [-0.25, -0.2) is 4.98 Å². The highest BCUT2D eigenvalue weighted by Crippen LogP contribution is 2.19. The summed E-state index contributed by atoms with van der Waals surface area (Å²) in [4.78, 5) is 18.0. The minimum atomic E-state index is -0.00148. The molecule has 18 heavy (non-hydrogen) atoms. The van der Waals surface area contributed by atoms with Gasteiger partial charge in [-0.2, -0.15) is 0 Å². The average Bonchev–Trinajstić information content (AvgIpc) is 2.74. The molecule has 0 spiro atoms. The molecule has 7 heteroatoms. The van der Waals surface area contributed by atoms with Gasteiger partial charge in [0.2, 0.25) is 0 Å². The number of carbonyl (C=O) groups is 1. The molecule has 1 aromatic rings. The van der Waals surface area contributed by atoms with Crippen molar-refractivity contribution in [3.63, 3.8) is 0 Å². The molecular weight excluding hydrogens is 293 g/mol. The van der Waals surface area contributed by atoms with Crippen LogP contribution in [0.4, 0.5) is 0 Å². The Morgan fingerprint density at radius 2 is 2.11 bits per heavy atom. The summed E-state index contributed by atoms with van der Waals surface area (Å²) in [5, 5.41) is 5.88. The summed E-state index contributed by atoms with van der Waals surface area (Å²) < 4.78 is 0. The van der Waals surface area contributed by atoms with E-state index in [1.165, 1.54) is 0 Å². The molecule has 0 aliphatic carbocycles. The highest BCUT2D eigenvalue weighted by atomic mass is 35.5. The Labute approximate surface area is 125 Å². The first-order chi connectivity index (χ1) is 7.56. The minimum Gasteiger partial charge on any atom is -0.339 e. The van der Waals surface area contributed by atoms with Crippen LogP contribution in [0.25, 0.3) is 0 Å². The number of amides is 1. The summed E-state index contributed by atoms with van der Waals surface area (Å²) in [6.07, 6.45) is 0. The van der Waals surface area contributed by atoms with E-state index in [0.29, 0.717) is 18.2 Å². The van der Waals surface area contributed by atoms with Crippen molar-refractivity contribution in [1.29, 1.82) is 0 Å². The summed E-state index contributed by atoms with van der Waals surface area (Å²) >= 11 is 1.55. The van der Waals surface area contributed by atoms with Gasteiger partial charge in [0.15, 0.2) is 0 Å². The van der Waals surface area contributed by atoms with Crippen LogP contribution in [0, 0.1) is 0 Å². The Morgan fingerprint density at radius 1 is 1.50 bits per heavy atom. The lowest BCUT2D eigenvalue weighted by atomic mass is 10.2. The quantitative estimate of drug-likeness (QED) is 0.908. The van der Waals surface area contributed by atoms with Gasteiger partial charge >= 0.3 is 0 Å². The van der Waals surface area contributed by atoms with Crippen LogP contribution in [-0.2, 0) is 0 Å². The lowest BCUT2D eigenvalue weighted by Crippen LogP contribution is -2.32. The second kappa shape index (κ2) is 9.55. The molecule has 0 bridgehead atoms. The lowest BCUT2D eigenvalue weighted by molar-refractivity contribution is 0.0791. The van der Waals surface area contributed by atoms with Crippen LogP contribution >= 0.6 is 36.2 Å². The van der Waals surface area contributed by atoms with E-state index >= 15 is 0 Å². The highest BCUT2D eigenvalue weighted by molar-refractivity contribution is 7.09. The van der Waals surface area contributed by atoms with Crippen LogP contribution in [0.2, 0.25) is 0 Å². The summed E-state index contributed by atoms with van der Waals surface area (Å²) in [5.41, 5.74) is 0.562. The normalized spacial score (nSPS) is 9.61. The fraction of sp³-hybridized carbons (Fsp3) is 0.636. The molecule has 0 saturated heterocycles. The van der Waals surface area contributed by atoms with E-state index in [4.69, 9.17) is 0 Å². The number of thiazole rings is 1. The standard InChI is InChI=1S/C11H19N3OS.2ClH/c1-8(2)10-13-9(7-16-10)11(15)14(4)6-5-12-3;;/h7-8,12H,5-6H2,1-4H3;2*1H. The van der Waals surface area contributed by atoms with E-state index in [2.05, 4.69) is 24.1 Å². The van der Waals surface area contributed by atoms with E-state index in [1.54, 1.807) is 23.3 Å². The van der Waals surface area contributed by atoms with Crippen molar-refractivity contribution in [2.45, 2.75) is 19.8 Å². The first kappa shape index (κ1) is 20.0. The molecule has 106 valence electrons. The smallest absolute Gasteiger partial charge is 0.273 e. The fourth-order valence-corrected chi connectivity index (χ4v) is 2.04. The molecule has 0 unspecified atom stereocenters. The van der Waals surface area contributed by atoms with Gasteiger partial charge in [-0.15, -0.1) is 36.2 Å². The summed E-state index contributed by atoms with van der Waals surface area (Å²) in [7, 11) is 3.67. The van der Waals surface area contributed by atoms with Crippen LogP contribution < -0.4 is 5.32 Å². The van der Waals surface area contributed by atoms with Gasteiger partial charge in [0.05, 0.1) is 5.01 Å². The number of rotatable bonds is 5. The van der Waals surface area contributed by atoms with Gasteiger partial charge < -0.3 is 10.2 Å². The number of hydrogen-bond donors (Lipinski definition) is 1. The Bertz CT molecular complexity index is 358. The molecule has 1 aromatic heterocycles. The number of nitrogens with one attached hydrogen (secondary N) is 1. The number of aromatic nitrogens is 1. The van der Waals surface area contributed by atoms with E-state index in [-0.39, 0.29) is 30.7 Å². The van der Waals surface area contributed by atoms with Crippen molar-refractivity contribution in [3.8, 4) is 0 Å². The van der Waals surface area contributed by atoms with Crippen molar-refractivity contribution in [1.82, 2.24) is 15.2 Å². The number of carbonyl (C=O) groups excluding carboxylic acids is 1. The van der Waals surface area contributed by atoms with E-state index in [0.717, 1.165) is 11.6 Å². The number of likely N-dealkylation sites (N-methyl/N-ethyl adjacent to an activating group) is 2. The first-order valence-electron chi connectivity index (χ1n) is 5.41. The molecule has 1 rings (SSSR count). The number of nitrogens with zero attached hydrogens (tertiary/aromatic N) is 2. The number of halogens is 2. The van der Waals surface area contributed by atoms with Crippen molar-refractivity contribution < 1.29 is 4.79 Å². The second-order valence-electron chi connectivity index (χ2n) is 4.06. The van der Waals surface area contributed by atoms with Gasteiger partial charge in [-0.1, -0.05) is 13.8 Å². The minimum absolute atomic E-state index is 0. The third-order valence-electron chi connectivity index (χ3n) is 2.28. The van der Waals surface area contributed by atoms with Crippen molar-refractivity contribution in [3.05, 3.63) is 16.1 Å². The van der Waals surface area contributed by atoms with Gasteiger partial charge in [0.1, 0.15) is 5.69 Å². The lowest BCUT2D eigenvalue weighted by Gasteiger charge is -2.15. The molecule has 1 amide bonds. The molecule has 0 saturated carbocycles. The molecular formula is C11H21Cl2N3OS. The SMILES string of the molecule is CNCCN(C)C(=O)c1csc(C(C)C)n1.Cl.Cl. The molecule has 1 heterocycles. The zero-order valence-electron chi connectivity index (χ0n) is 11.1. The van der Waals surface area contributed by atoms with Gasteiger partial charge in [-0.05, 0) is 7.05 Å². The molecule has 0 atom stereocenters. The van der Waals surface area contributed by atoms with E-state index in [1.807, 2.05) is 12.4 Å². The predicted octanol–water partition coefficient (Wildman–Crippen LogP) is 2.40. The predicted molar refractivity (Wildman–Crippen MR) is 81.6 cm³/mol. The largest absolute Gasteiger partial charge is 0.339 e. The Morgan fingerprint density at radius 3 is 2.56 bits per heavy atom. The summed E-state index contributed by atoms with van der Waals surface area (Å²) in [6.45, 7) is 5.66. The molecule has 0 aliphatic heterocycles. The van der Waals surface area contributed by atoms with Crippen LogP contribution in [0.15, 0.2) is 5.38 Å². The molecule has 0 aliphatic rings. The van der Waals surface area contributed by atoms with Crippen LogP contribution in [0.1, 0.15) is 35.3 Å². The molecule has 1 N–H and O–H groups in total.